The summed E-state index contributed by atoms with van der Waals surface area (Å²) in [5.41, 5.74) is 10.4. The fourth-order valence-corrected chi connectivity index (χ4v) is 1.30. The van der Waals surface area contributed by atoms with Gasteiger partial charge < -0.3 is 47.2 Å². The van der Waals surface area contributed by atoms with Crippen LogP contribution in [0.5, 0.6) is 0 Å². The summed E-state index contributed by atoms with van der Waals surface area (Å²) in [7, 11) is 0. The van der Waals surface area contributed by atoms with Crippen molar-refractivity contribution >= 4 is 5.97 Å². The number of aliphatic carboxylic acids is 1. The second kappa shape index (κ2) is 13.8. The highest BCUT2D eigenvalue weighted by atomic mass is 16.4. The van der Waals surface area contributed by atoms with Crippen LogP contribution in [0.4, 0.5) is 0 Å². The highest BCUT2D eigenvalue weighted by molar-refractivity contribution is 5.72. The number of carbonyl (C=O) groups is 1. The molecule has 134 valence electrons. The van der Waals surface area contributed by atoms with E-state index in [1.807, 2.05) is 0 Å². The predicted molar refractivity (Wildman–Crippen MR) is 76.7 cm³/mol. The lowest BCUT2D eigenvalue weighted by Gasteiger charge is -2.24. The van der Waals surface area contributed by atoms with E-state index >= 15 is 0 Å². The molecule has 0 saturated heterocycles. The summed E-state index contributed by atoms with van der Waals surface area (Å²) in [5.74, 6) is -0.933. The maximum Gasteiger partial charge on any atom is 0.320 e. The molecule has 0 aromatic rings. The van der Waals surface area contributed by atoms with Gasteiger partial charge in [0, 0.05) is 0 Å². The number of hydrogen-bond acceptors (Lipinski definition) is 9. The first-order chi connectivity index (χ1) is 10.2. The number of rotatable bonds is 10. The molecule has 0 rings (SSSR count). The Morgan fingerprint density at radius 3 is 1.59 bits per heavy atom. The van der Waals surface area contributed by atoms with Gasteiger partial charge in [-0.25, -0.2) is 0 Å². The average molecular weight is 328 g/mol. The summed E-state index contributed by atoms with van der Waals surface area (Å²) in [5, 5.41) is 60.5. The Kier molecular flexibility index (Phi) is 14.7. The van der Waals surface area contributed by atoms with Crippen LogP contribution in [0, 0.1) is 0 Å². The molecule has 0 radical (unpaired) electrons. The van der Waals surface area contributed by atoms with E-state index in [1.54, 1.807) is 0 Å². The van der Waals surface area contributed by atoms with Gasteiger partial charge in [-0.3, -0.25) is 4.79 Å². The molecule has 0 aromatic carbocycles. The van der Waals surface area contributed by atoms with Crippen molar-refractivity contribution in [1.82, 2.24) is 0 Å². The summed E-state index contributed by atoms with van der Waals surface area (Å²) < 4.78 is 0. The highest BCUT2D eigenvalue weighted by Gasteiger charge is 2.29. The molecule has 0 aliphatic carbocycles. The molecular weight excluding hydrogens is 300 g/mol. The maximum atomic E-state index is 10.1. The van der Waals surface area contributed by atoms with E-state index in [-0.39, 0.29) is 0 Å². The molecule has 0 saturated carbocycles. The number of carboxylic acids is 1. The lowest BCUT2D eigenvalue weighted by Crippen LogP contribution is -2.46. The van der Waals surface area contributed by atoms with E-state index in [1.165, 1.54) is 0 Å². The van der Waals surface area contributed by atoms with Gasteiger partial charge in [0.25, 0.3) is 0 Å². The third kappa shape index (κ3) is 10.8. The fourth-order valence-electron chi connectivity index (χ4n) is 1.30. The maximum absolute atomic E-state index is 10.1. The van der Waals surface area contributed by atoms with Crippen molar-refractivity contribution in [2.45, 2.75) is 49.7 Å². The largest absolute Gasteiger partial charge is 0.480 e. The second-order valence-electron chi connectivity index (χ2n) is 4.71. The number of unbranched alkanes of at least 4 members (excludes halogenated alkanes) is 1. The average Bonchev–Trinajstić information content (AvgIpc) is 2.52. The lowest BCUT2D eigenvalue weighted by molar-refractivity contribution is -0.138. The van der Waals surface area contributed by atoms with Gasteiger partial charge in [0.05, 0.1) is 13.2 Å². The third-order valence-electron chi connectivity index (χ3n) is 2.80. The molecule has 1 unspecified atom stereocenters. The van der Waals surface area contributed by atoms with Crippen molar-refractivity contribution in [3.63, 3.8) is 0 Å². The van der Waals surface area contributed by atoms with Gasteiger partial charge in [-0.05, 0) is 19.4 Å². The van der Waals surface area contributed by atoms with E-state index in [2.05, 4.69) is 0 Å². The summed E-state index contributed by atoms with van der Waals surface area (Å²) in [6, 6.07) is -0.716. The van der Waals surface area contributed by atoms with E-state index in [9.17, 15) is 4.79 Å². The Morgan fingerprint density at radius 2 is 1.32 bits per heavy atom. The number of aliphatic hydroxyl groups is 6. The third-order valence-corrected chi connectivity index (χ3v) is 2.80. The molecule has 10 heteroatoms. The van der Waals surface area contributed by atoms with Crippen molar-refractivity contribution in [3.05, 3.63) is 0 Å². The number of nitrogens with two attached hydrogens (primary N) is 2. The first kappa shape index (κ1) is 23.4. The molecule has 0 bridgehead atoms. The Labute approximate surface area is 128 Å². The molecule has 0 spiro atoms. The van der Waals surface area contributed by atoms with Gasteiger partial charge in [0.2, 0.25) is 0 Å². The zero-order valence-corrected chi connectivity index (χ0v) is 12.3. The van der Waals surface area contributed by atoms with Crippen molar-refractivity contribution in [2.75, 3.05) is 19.8 Å². The van der Waals surface area contributed by atoms with E-state index < -0.39 is 49.6 Å². The number of carboxylic acid groups (broad SMARTS) is 1. The Bertz CT molecular complexity index is 268. The van der Waals surface area contributed by atoms with Gasteiger partial charge in [-0.1, -0.05) is 6.42 Å². The molecule has 0 aliphatic rings. The fraction of sp³-hybridized carbons (Fsp3) is 0.917. The number of hydrogen-bond donors (Lipinski definition) is 9. The first-order valence-electron chi connectivity index (χ1n) is 6.85. The zero-order valence-electron chi connectivity index (χ0n) is 12.3. The van der Waals surface area contributed by atoms with Crippen molar-refractivity contribution < 1.29 is 40.5 Å². The molecule has 0 heterocycles. The molecule has 22 heavy (non-hydrogen) atoms. The molecule has 0 amide bonds. The minimum absolute atomic E-state index is 0.520. The van der Waals surface area contributed by atoms with E-state index in [0.717, 1.165) is 12.8 Å². The molecule has 11 N–H and O–H groups in total. The minimum atomic E-state index is -1.67. The van der Waals surface area contributed by atoms with Crippen LogP contribution in [0.25, 0.3) is 0 Å². The summed E-state index contributed by atoms with van der Waals surface area (Å²) in [6.07, 6.45) is -4.23. The Balaban J connectivity index is 0. The van der Waals surface area contributed by atoms with E-state index in [4.69, 9.17) is 47.2 Å². The summed E-state index contributed by atoms with van der Waals surface area (Å²) in [4.78, 5) is 10.1. The van der Waals surface area contributed by atoms with Gasteiger partial charge in [0.1, 0.15) is 30.5 Å². The monoisotopic (exact) mass is 328 g/mol. The summed E-state index contributed by atoms with van der Waals surface area (Å²) >= 11 is 0. The Hall–Kier alpha value is -0.850. The quantitative estimate of drug-likeness (QED) is 0.177. The number of aliphatic hydroxyl groups excluding tert-OH is 6. The van der Waals surface area contributed by atoms with Crippen LogP contribution in [0.3, 0.4) is 0 Å². The SMILES string of the molecule is NCCCCC(N)C(=O)O.OC[C@@H](O)[C@@H](O)[C@H](O)[C@H](O)CO. The first-order valence-corrected chi connectivity index (χ1v) is 6.85. The second-order valence-corrected chi connectivity index (χ2v) is 4.71. The highest BCUT2D eigenvalue weighted by Crippen LogP contribution is 2.04. The van der Waals surface area contributed by atoms with Crippen molar-refractivity contribution in [2.24, 2.45) is 11.5 Å². The van der Waals surface area contributed by atoms with Crippen molar-refractivity contribution in [3.8, 4) is 0 Å². The topological polar surface area (TPSA) is 211 Å². The molecule has 0 aromatic heterocycles. The van der Waals surface area contributed by atoms with Crippen LogP contribution in [0.2, 0.25) is 0 Å². The standard InChI is InChI=1S/C6H14N2O2.C6H14O6/c7-4-2-1-3-5(8)6(9)10;7-1-3(9)5(11)6(12)4(10)2-8/h5H,1-4,7-8H2,(H,9,10);3-12H,1-2H2/t;3-,4-,5-,6-/m.1/s1. The predicted octanol–water partition coefficient (Wildman–Crippen LogP) is -4.06. The van der Waals surface area contributed by atoms with E-state index in [0.29, 0.717) is 13.0 Å². The van der Waals surface area contributed by atoms with Crippen LogP contribution < -0.4 is 11.5 Å². The van der Waals surface area contributed by atoms with Crippen LogP contribution in [0.15, 0.2) is 0 Å². The van der Waals surface area contributed by atoms with Gasteiger partial charge in [0.15, 0.2) is 0 Å². The molecule has 5 atom stereocenters. The summed E-state index contributed by atoms with van der Waals surface area (Å²) in [6.45, 7) is -0.848. The van der Waals surface area contributed by atoms with Gasteiger partial charge in [-0.2, -0.15) is 0 Å². The van der Waals surface area contributed by atoms with Crippen LogP contribution in [0.1, 0.15) is 19.3 Å². The molecule has 10 nitrogen and oxygen atoms in total. The zero-order chi connectivity index (χ0) is 17.7. The Morgan fingerprint density at radius 1 is 0.909 bits per heavy atom. The molecule has 0 aliphatic heterocycles. The van der Waals surface area contributed by atoms with Gasteiger partial charge >= 0.3 is 5.97 Å². The van der Waals surface area contributed by atoms with Gasteiger partial charge in [-0.15, -0.1) is 0 Å². The minimum Gasteiger partial charge on any atom is -0.480 e. The lowest BCUT2D eigenvalue weighted by atomic mass is 10.0. The molecular formula is C12H28N2O8. The normalized spacial score (nSPS) is 17.6. The smallest absolute Gasteiger partial charge is 0.320 e. The van der Waals surface area contributed by atoms with Crippen LogP contribution in [-0.4, -0.2) is 91.9 Å². The molecule has 0 fully saturated rings. The van der Waals surface area contributed by atoms with Crippen LogP contribution in [-0.2, 0) is 4.79 Å². The van der Waals surface area contributed by atoms with Crippen LogP contribution >= 0.6 is 0 Å². The van der Waals surface area contributed by atoms with Crippen molar-refractivity contribution in [1.29, 1.82) is 0 Å².